The van der Waals surface area contributed by atoms with Crippen molar-refractivity contribution in [1.82, 2.24) is 19.6 Å². The van der Waals surface area contributed by atoms with Crippen molar-refractivity contribution in [1.29, 1.82) is 0 Å². The first-order chi connectivity index (χ1) is 28.1. The van der Waals surface area contributed by atoms with E-state index in [1.807, 2.05) is 24.3 Å². The van der Waals surface area contributed by atoms with Gasteiger partial charge >= 0.3 is 11.9 Å². The zero-order valence-electron chi connectivity index (χ0n) is 35.9. The maximum atomic E-state index is 12.9. The summed E-state index contributed by atoms with van der Waals surface area (Å²) >= 11 is 0. The molecule has 0 aliphatic carbocycles. The lowest BCUT2D eigenvalue weighted by Crippen LogP contribution is -2.39. The maximum Gasteiger partial charge on any atom is 0.414 e. The Balaban J connectivity index is 0.00000139. The standard InChI is InChI=1S/C44H70N4O4.C2H2O4/c1-5-45(35-39-17-11-13-19-41(39)51-3)29-15-7-9-21-43(49)47-31-25-37(26-32-47)23-24-38-27-33-48(34-28-38)44(50)22-10-8-16-30-46(6-2)36-40-18-12-14-20-42(40)52-4;3-1(4)2(5)6/h11-14,17-20,37-38H,5-10,15-16,21-36H2,1-4H3;(H,3,4)(H,5,6). The zero-order valence-corrected chi connectivity index (χ0v) is 35.9. The third-order valence-electron chi connectivity index (χ3n) is 11.9. The number of ether oxygens (including phenoxy) is 2. The first-order valence-electron chi connectivity index (χ1n) is 21.8. The van der Waals surface area contributed by atoms with Crippen LogP contribution < -0.4 is 9.47 Å². The number of methoxy groups -OCH3 is 2. The molecule has 2 fully saturated rings. The molecule has 0 aromatic heterocycles. The summed E-state index contributed by atoms with van der Waals surface area (Å²) in [4.78, 5) is 53.3. The van der Waals surface area contributed by atoms with Gasteiger partial charge in [0.2, 0.25) is 11.8 Å². The summed E-state index contributed by atoms with van der Waals surface area (Å²) in [5.41, 5.74) is 2.47. The minimum absolute atomic E-state index is 0.351. The van der Waals surface area contributed by atoms with Gasteiger partial charge in [0.1, 0.15) is 11.5 Å². The molecular formula is C46H72N4O8. The van der Waals surface area contributed by atoms with Crippen LogP contribution in [0.4, 0.5) is 0 Å². The summed E-state index contributed by atoms with van der Waals surface area (Å²) < 4.78 is 11.1. The Hall–Kier alpha value is -4.16. The van der Waals surface area contributed by atoms with E-state index in [-0.39, 0.29) is 0 Å². The van der Waals surface area contributed by atoms with Crippen molar-refractivity contribution in [2.75, 3.05) is 66.6 Å². The lowest BCUT2D eigenvalue weighted by atomic mass is 9.85. The number of carboxylic acids is 2. The van der Waals surface area contributed by atoms with Crippen molar-refractivity contribution in [3.8, 4) is 11.5 Å². The van der Waals surface area contributed by atoms with Crippen LogP contribution in [0.3, 0.4) is 0 Å². The molecule has 0 atom stereocenters. The molecule has 2 aliphatic heterocycles. The number of unbranched alkanes of at least 4 members (excludes halogenated alkanes) is 4. The van der Waals surface area contributed by atoms with E-state index in [0.717, 1.165) is 153 Å². The van der Waals surface area contributed by atoms with Gasteiger partial charge < -0.3 is 29.5 Å². The Kier molecular flexibility index (Phi) is 22.9. The number of likely N-dealkylation sites (tertiary alicyclic amines) is 2. The second-order valence-corrected chi connectivity index (χ2v) is 15.8. The van der Waals surface area contributed by atoms with Crippen molar-refractivity contribution < 1.29 is 38.9 Å². The molecule has 2 amide bonds. The number of hydrogen-bond acceptors (Lipinski definition) is 8. The van der Waals surface area contributed by atoms with E-state index in [4.69, 9.17) is 29.3 Å². The SMILES string of the molecule is CCN(CCCCCC(=O)N1CCC(CCC2CCN(C(=O)CCCCCN(CC)Cc3ccccc3OC)CC2)CC1)Cc1ccccc1OC.O=C(O)C(=O)O. The average Bonchev–Trinajstić information content (AvgIpc) is 3.25. The summed E-state index contributed by atoms with van der Waals surface area (Å²) in [7, 11) is 3.47. The maximum absolute atomic E-state index is 12.9. The van der Waals surface area contributed by atoms with Gasteiger partial charge in [-0.1, -0.05) is 75.9 Å². The van der Waals surface area contributed by atoms with Crippen molar-refractivity contribution in [3.05, 3.63) is 59.7 Å². The Morgan fingerprint density at radius 3 is 1.28 bits per heavy atom. The molecule has 0 spiro atoms. The Morgan fingerprint density at radius 1 is 0.586 bits per heavy atom. The predicted molar refractivity (Wildman–Crippen MR) is 228 cm³/mol. The number of hydrogen-bond donors (Lipinski definition) is 2. The molecule has 324 valence electrons. The minimum atomic E-state index is -1.82. The largest absolute Gasteiger partial charge is 0.496 e. The molecule has 12 heteroatoms. The van der Waals surface area contributed by atoms with Crippen molar-refractivity contribution >= 4 is 23.8 Å². The third-order valence-corrected chi connectivity index (χ3v) is 11.9. The van der Waals surface area contributed by atoms with Crippen molar-refractivity contribution in [2.45, 2.75) is 117 Å². The lowest BCUT2D eigenvalue weighted by Gasteiger charge is -2.35. The fourth-order valence-electron chi connectivity index (χ4n) is 8.15. The topological polar surface area (TPSA) is 140 Å². The highest BCUT2D eigenvalue weighted by molar-refractivity contribution is 6.27. The molecule has 58 heavy (non-hydrogen) atoms. The number of amides is 2. The van der Waals surface area contributed by atoms with Crippen LogP contribution in [-0.4, -0.2) is 120 Å². The van der Waals surface area contributed by atoms with Crippen LogP contribution in [0.2, 0.25) is 0 Å². The molecule has 12 nitrogen and oxygen atoms in total. The van der Waals surface area contributed by atoms with E-state index < -0.39 is 11.9 Å². The number of piperidine rings is 2. The predicted octanol–water partition coefficient (Wildman–Crippen LogP) is 7.58. The highest BCUT2D eigenvalue weighted by Gasteiger charge is 2.26. The number of aliphatic carboxylic acids is 2. The summed E-state index contributed by atoms with van der Waals surface area (Å²) in [6, 6.07) is 16.5. The fraction of sp³-hybridized carbons (Fsp3) is 0.652. The molecular weight excluding hydrogens is 737 g/mol. The first-order valence-corrected chi connectivity index (χ1v) is 21.8. The zero-order chi connectivity index (χ0) is 42.1. The van der Waals surface area contributed by atoms with Crippen molar-refractivity contribution in [3.63, 3.8) is 0 Å². The first kappa shape index (κ1) is 48.2. The highest BCUT2D eigenvalue weighted by Crippen LogP contribution is 2.29. The van der Waals surface area contributed by atoms with E-state index in [9.17, 15) is 9.59 Å². The average molecular weight is 809 g/mol. The summed E-state index contributed by atoms with van der Waals surface area (Å²) in [5, 5.41) is 14.8. The Bertz CT molecular complexity index is 1390. The Morgan fingerprint density at radius 2 is 0.948 bits per heavy atom. The molecule has 2 aliphatic rings. The summed E-state index contributed by atoms with van der Waals surface area (Å²) in [6.45, 7) is 14.1. The van der Waals surface area contributed by atoms with Gasteiger partial charge in [0.15, 0.2) is 0 Å². The molecule has 0 bridgehead atoms. The highest BCUT2D eigenvalue weighted by atomic mass is 16.5. The fourth-order valence-corrected chi connectivity index (χ4v) is 8.15. The normalized spacial score (nSPS) is 14.9. The van der Waals surface area contributed by atoms with E-state index in [1.165, 1.54) is 24.0 Å². The molecule has 2 heterocycles. The van der Waals surface area contributed by atoms with E-state index in [1.54, 1.807) is 14.2 Å². The molecule has 2 aromatic carbocycles. The number of benzene rings is 2. The second-order valence-electron chi connectivity index (χ2n) is 15.8. The van der Waals surface area contributed by atoms with Crippen LogP contribution >= 0.6 is 0 Å². The van der Waals surface area contributed by atoms with E-state index >= 15 is 0 Å². The van der Waals surface area contributed by atoms with Gasteiger partial charge in [-0.2, -0.15) is 0 Å². The number of nitrogens with zero attached hydrogens (tertiary/aromatic N) is 4. The van der Waals surface area contributed by atoms with Gasteiger partial charge in [0.05, 0.1) is 14.2 Å². The van der Waals surface area contributed by atoms with Crippen LogP contribution in [0.25, 0.3) is 0 Å². The number of carbonyl (C=O) groups excluding carboxylic acids is 2. The number of rotatable bonds is 23. The van der Waals surface area contributed by atoms with Crippen LogP contribution in [0.1, 0.15) is 115 Å². The quantitative estimate of drug-likeness (QED) is 0.0853. The van der Waals surface area contributed by atoms with Gasteiger partial charge in [-0.25, -0.2) is 9.59 Å². The molecule has 4 rings (SSSR count). The molecule has 0 radical (unpaired) electrons. The van der Waals surface area contributed by atoms with Gasteiger partial charge in [-0.3, -0.25) is 19.4 Å². The molecule has 0 saturated carbocycles. The molecule has 2 aromatic rings. The molecule has 2 N–H and O–H groups in total. The van der Waals surface area contributed by atoms with Crippen LogP contribution in [-0.2, 0) is 32.3 Å². The second kappa shape index (κ2) is 27.5. The van der Waals surface area contributed by atoms with E-state index in [2.05, 4.69) is 57.7 Å². The number of carbonyl (C=O) groups is 4. The lowest BCUT2D eigenvalue weighted by molar-refractivity contribution is -0.159. The van der Waals surface area contributed by atoms with Crippen LogP contribution in [0.5, 0.6) is 11.5 Å². The minimum Gasteiger partial charge on any atom is -0.496 e. The van der Waals surface area contributed by atoms with Gasteiger partial charge in [0.25, 0.3) is 0 Å². The van der Waals surface area contributed by atoms with Crippen molar-refractivity contribution in [2.24, 2.45) is 11.8 Å². The van der Waals surface area contributed by atoms with Gasteiger partial charge in [-0.15, -0.1) is 0 Å². The number of carboxylic acid groups (broad SMARTS) is 2. The molecule has 0 unspecified atom stereocenters. The Labute approximate surface area is 347 Å². The number of para-hydroxylation sites is 2. The third kappa shape index (κ3) is 17.8. The smallest absolute Gasteiger partial charge is 0.414 e. The monoisotopic (exact) mass is 809 g/mol. The summed E-state index contributed by atoms with van der Waals surface area (Å²) in [5.74, 6) is 0.449. The van der Waals surface area contributed by atoms with Gasteiger partial charge in [-0.05, 0) is 102 Å². The van der Waals surface area contributed by atoms with Crippen LogP contribution in [0, 0.1) is 11.8 Å². The van der Waals surface area contributed by atoms with Crippen LogP contribution in [0.15, 0.2) is 48.5 Å². The van der Waals surface area contributed by atoms with Gasteiger partial charge in [0, 0.05) is 63.2 Å². The van der Waals surface area contributed by atoms with E-state index in [0.29, 0.717) is 24.7 Å². The molecule has 2 saturated heterocycles. The summed E-state index contributed by atoms with van der Waals surface area (Å²) in [6.07, 6.45) is 14.9.